The smallest absolute Gasteiger partial charge is 0.227 e. The van der Waals surface area contributed by atoms with Crippen LogP contribution in [0.1, 0.15) is 57.2 Å². The second-order valence-corrected chi connectivity index (χ2v) is 5.62. The largest absolute Gasteiger partial charge is 0.370 e. The van der Waals surface area contributed by atoms with Crippen LogP contribution < -0.4 is 10.2 Å². The van der Waals surface area contributed by atoms with E-state index in [0.29, 0.717) is 0 Å². The first-order valence-corrected chi connectivity index (χ1v) is 8.12. The Balaban J connectivity index is 2.26. The minimum Gasteiger partial charge on any atom is -0.370 e. The number of rotatable bonds is 5. The molecule has 0 spiro atoms. The first-order valence-electron chi connectivity index (χ1n) is 8.12. The molecule has 1 aromatic rings. The van der Waals surface area contributed by atoms with Gasteiger partial charge in [0.25, 0.3) is 0 Å². The predicted molar refractivity (Wildman–Crippen MR) is 85.6 cm³/mol. The first-order chi connectivity index (χ1) is 9.76. The van der Waals surface area contributed by atoms with Crippen molar-refractivity contribution in [1.29, 1.82) is 0 Å². The van der Waals surface area contributed by atoms with Crippen LogP contribution in [0.15, 0.2) is 0 Å². The summed E-state index contributed by atoms with van der Waals surface area (Å²) in [6, 6.07) is 0. The van der Waals surface area contributed by atoms with Crippen molar-refractivity contribution in [2.75, 3.05) is 29.9 Å². The summed E-state index contributed by atoms with van der Waals surface area (Å²) < 4.78 is 0. The molecular weight excluding hydrogens is 248 g/mol. The Morgan fingerprint density at radius 3 is 2.35 bits per heavy atom. The molecule has 0 saturated carbocycles. The van der Waals surface area contributed by atoms with Crippen LogP contribution in [0.5, 0.6) is 0 Å². The van der Waals surface area contributed by atoms with E-state index in [-0.39, 0.29) is 0 Å². The van der Waals surface area contributed by atoms with E-state index in [1.165, 1.54) is 31.2 Å². The number of nitrogens with one attached hydrogen (secondary N) is 1. The van der Waals surface area contributed by atoms with Crippen molar-refractivity contribution in [3.8, 4) is 0 Å². The lowest BCUT2D eigenvalue weighted by Gasteiger charge is -2.22. The van der Waals surface area contributed by atoms with Gasteiger partial charge in [-0.15, -0.1) is 0 Å². The zero-order valence-electron chi connectivity index (χ0n) is 13.2. The summed E-state index contributed by atoms with van der Waals surface area (Å²) in [5, 5.41) is 3.47. The molecule has 4 nitrogen and oxygen atoms in total. The highest BCUT2D eigenvalue weighted by atomic mass is 15.3. The van der Waals surface area contributed by atoms with Crippen LogP contribution in [0.2, 0.25) is 0 Å². The van der Waals surface area contributed by atoms with Crippen LogP contribution in [-0.2, 0) is 6.42 Å². The van der Waals surface area contributed by atoms with Gasteiger partial charge in [0.2, 0.25) is 5.95 Å². The fourth-order valence-corrected chi connectivity index (χ4v) is 2.81. The molecule has 1 fully saturated rings. The summed E-state index contributed by atoms with van der Waals surface area (Å²) in [4.78, 5) is 11.9. The second-order valence-electron chi connectivity index (χ2n) is 5.62. The Bertz CT molecular complexity index is 423. The molecule has 0 amide bonds. The molecule has 0 aliphatic carbocycles. The van der Waals surface area contributed by atoms with Crippen molar-refractivity contribution < 1.29 is 0 Å². The third kappa shape index (κ3) is 3.62. The number of aromatic nitrogens is 2. The molecule has 0 radical (unpaired) electrons. The zero-order valence-corrected chi connectivity index (χ0v) is 13.2. The molecule has 0 unspecified atom stereocenters. The van der Waals surface area contributed by atoms with Gasteiger partial charge in [0.05, 0.1) is 0 Å². The summed E-state index contributed by atoms with van der Waals surface area (Å²) in [5.41, 5.74) is 2.39. The van der Waals surface area contributed by atoms with Crippen molar-refractivity contribution in [3.05, 3.63) is 11.3 Å². The summed E-state index contributed by atoms with van der Waals surface area (Å²) in [5.74, 6) is 1.96. The van der Waals surface area contributed by atoms with Crippen LogP contribution in [-0.4, -0.2) is 29.6 Å². The second kappa shape index (κ2) is 7.46. The lowest BCUT2D eigenvalue weighted by atomic mass is 10.1. The van der Waals surface area contributed by atoms with Gasteiger partial charge in [-0.25, -0.2) is 4.98 Å². The summed E-state index contributed by atoms with van der Waals surface area (Å²) in [7, 11) is 0. The van der Waals surface area contributed by atoms with Gasteiger partial charge in [0.15, 0.2) is 0 Å². The number of aryl methyl sites for hydroxylation is 1. The number of nitrogens with zero attached hydrogens (tertiary/aromatic N) is 3. The van der Waals surface area contributed by atoms with Gasteiger partial charge < -0.3 is 10.2 Å². The Hall–Kier alpha value is -1.32. The zero-order chi connectivity index (χ0) is 14.4. The molecule has 112 valence electrons. The fourth-order valence-electron chi connectivity index (χ4n) is 2.81. The minimum absolute atomic E-state index is 0.917. The predicted octanol–water partition coefficient (Wildman–Crippen LogP) is 3.55. The summed E-state index contributed by atoms with van der Waals surface area (Å²) in [6.07, 6.45) is 7.29. The highest BCUT2D eigenvalue weighted by Crippen LogP contribution is 2.23. The van der Waals surface area contributed by atoms with Gasteiger partial charge in [-0.05, 0) is 32.6 Å². The Kier molecular flexibility index (Phi) is 5.62. The molecule has 1 aromatic heterocycles. The van der Waals surface area contributed by atoms with E-state index >= 15 is 0 Å². The Morgan fingerprint density at radius 1 is 1.05 bits per heavy atom. The molecule has 4 heteroatoms. The van der Waals surface area contributed by atoms with E-state index in [1.807, 2.05) is 0 Å². The van der Waals surface area contributed by atoms with Crippen LogP contribution >= 0.6 is 0 Å². The van der Waals surface area contributed by atoms with Crippen molar-refractivity contribution >= 4 is 11.8 Å². The minimum atomic E-state index is 0.917. The van der Waals surface area contributed by atoms with Gasteiger partial charge >= 0.3 is 0 Å². The number of hydrogen-bond acceptors (Lipinski definition) is 4. The lowest BCUT2D eigenvalue weighted by Crippen LogP contribution is -2.27. The molecule has 1 aliphatic heterocycles. The van der Waals surface area contributed by atoms with Gasteiger partial charge in [-0.3, -0.25) is 0 Å². The standard InChI is InChI=1S/C16H28N4/c1-4-10-17-15-14(5-2)13(3)18-16(19-15)20-11-8-6-7-9-12-20/h4-12H2,1-3H3,(H,17,18,19). The molecule has 0 aromatic carbocycles. The van der Waals surface area contributed by atoms with Gasteiger partial charge in [0, 0.05) is 30.9 Å². The third-order valence-corrected chi connectivity index (χ3v) is 3.99. The van der Waals surface area contributed by atoms with Crippen LogP contribution in [0.3, 0.4) is 0 Å². The molecular formula is C16H28N4. The first kappa shape index (κ1) is 15.1. The average Bonchev–Trinajstić information content (AvgIpc) is 2.73. The Morgan fingerprint density at radius 2 is 1.75 bits per heavy atom. The maximum Gasteiger partial charge on any atom is 0.227 e. The Labute approximate surface area is 123 Å². The topological polar surface area (TPSA) is 41.1 Å². The average molecular weight is 276 g/mol. The van der Waals surface area contributed by atoms with E-state index < -0.39 is 0 Å². The number of hydrogen-bond donors (Lipinski definition) is 1. The maximum absolute atomic E-state index is 4.81. The van der Waals surface area contributed by atoms with Gasteiger partial charge in [-0.1, -0.05) is 26.7 Å². The van der Waals surface area contributed by atoms with E-state index in [4.69, 9.17) is 9.97 Å². The molecule has 0 atom stereocenters. The quantitative estimate of drug-likeness (QED) is 0.893. The fraction of sp³-hybridized carbons (Fsp3) is 0.750. The van der Waals surface area contributed by atoms with Crippen LogP contribution in [0.4, 0.5) is 11.8 Å². The van der Waals surface area contributed by atoms with Gasteiger partial charge in [0.1, 0.15) is 5.82 Å². The van der Waals surface area contributed by atoms with Crippen molar-refractivity contribution in [3.63, 3.8) is 0 Å². The summed E-state index contributed by atoms with van der Waals surface area (Å²) >= 11 is 0. The SMILES string of the molecule is CCCNc1nc(N2CCCCCC2)nc(C)c1CC. The van der Waals surface area contributed by atoms with Crippen LogP contribution in [0, 0.1) is 6.92 Å². The maximum atomic E-state index is 4.81. The highest BCUT2D eigenvalue weighted by Gasteiger charge is 2.16. The van der Waals surface area contributed by atoms with E-state index in [9.17, 15) is 0 Å². The molecule has 2 heterocycles. The van der Waals surface area contributed by atoms with E-state index in [1.54, 1.807) is 0 Å². The van der Waals surface area contributed by atoms with E-state index in [0.717, 1.165) is 49.9 Å². The van der Waals surface area contributed by atoms with Crippen molar-refractivity contribution in [2.45, 2.75) is 59.3 Å². The molecule has 2 rings (SSSR count). The van der Waals surface area contributed by atoms with Gasteiger partial charge in [-0.2, -0.15) is 4.98 Å². The molecule has 1 aliphatic rings. The molecule has 1 N–H and O–H groups in total. The molecule has 20 heavy (non-hydrogen) atoms. The number of anilines is 2. The van der Waals surface area contributed by atoms with Crippen molar-refractivity contribution in [2.24, 2.45) is 0 Å². The third-order valence-electron chi connectivity index (χ3n) is 3.99. The monoisotopic (exact) mass is 276 g/mol. The summed E-state index contributed by atoms with van der Waals surface area (Å²) in [6.45, 7) is 9.63. The molecule has 0 bridgehead atoms. The lowest BCUT2D eigenvalue weighted by molar-refractivity contribution is 0.726. The molecule has 1 saturated heterocycles. The highest BCUT2D eigenvalue weighted by molar-refractivity contribution is 5.51. The van der Waals surface area contributed by atoms with Crippen molar-refractivity contribution in [1.82, 2.24) is 9.97 Å². The van der Waals surface area contributed by atoms with Crippen LogP contribution in [0.25, 0.3) is 0 Å². The van der Waals surface area contributed by atoms with E-state index in [2.05, 4.69) is 31.0 Å². The normalized spacial score (nSPS) is 16.1.